The molecule has 3 aromatic rings. The maximum absolute atomic E-state index is 10.5. The molecular formula is C23H25ClN4OS. The summed E-state index contributed by atoms with van der Waals surface area (Å²) < 4.78 is 2.05. The quantitative estimate of drug-likeness (QED) is 0.532. The molecule has 2 aromatic heterocycles. The van der Waals surface area contributed by atoms with Crippen LogP contribution < -0.4 is 5.32 Å². The summed E-state index contributed by atoms with van der Waals surface area (Å²) in [5.74, 6) is 0.194. The van der Waals surface area contributed by atoms with E-state index in [0.717, 1.165) is 40.7 Å². The zero-order chi connectivity index (χ0) is 21.4. The van der Waals surface area contributed by atoms with Gasteiger partial charge < -0.3 is 19.9 Å². The maximum atomic E-state index is 10.5. The molecule has 0 spiro atoms. The maximum Gasteiger partial charge on any atom is 0.170 e. The third kappa shape index (κ3) is 3.55. The van der Waals surface area contributed by atoms with Crippen molar-refractivity contribution >= 4 is 28.9 Å². The summed E-state index contributed by atoms with van der Waals surface area (Å²) in [6.45, 7) is 7.12. The molecule has 0 unspecified atom stereocenters. The Kier molecular flexibility index (Phi) is 5.71. The van der Waals surface area contributed by atoms with Crippen LogP contribution in [0.15, 0.2) is 48.7 Å². The van der Waals surface area contributed by atoms with Gasteiger partial charge in [-0.3, -0.25) is 4.98 Å². The van der Waals surface area contributed by atoms with Gasteiger partial charge in [-0.25, -0.2) is 0 Å². The number of nitrogens with zero attached hydrogens (tertiary/aromatic N) is 3. The fraction of sp³-hybridized carbons (Fsp3) is 0.304. The molecule has 5 nitrogen and oxygen atoms in total. The van der Waals surface area contributed by atoms with Crippen LogP contribution in [0.4, 0.5) is 0 Å². The van der Waals surface area contributed by atoms with Crippen molar-refractivity contribution in [2.24, 2.45) is 0 Å². The topological polar surface area (TPSA) is 53.3 Å². The van der Waals surface area contributed by atoms with Crippen LogP contribution >= 0.6 is 23.8 Å². The Morgan fingerprint density at radius 1 is 1.20 bits per heavy atom. The van der Waals surface area contributed by atoms with E-state index in [1.54, 1.807) is 18.2 Å². The first kappa shape index (κ1) is 20.7. The second-order valence-electron chi connectivity index (χ2n) is 7.61. The van der Waals surface area contributed by atoms with E-state index in [1.165, 1.54) is 0 Å². The second kappa shape index (κ2) is 8.28. The van der Waals surface area contributed by atoms with Crippen molar-refractivity contribution in [3.63, 3.8) is 0 Å². The number of hydrogen-bond donors (Lipinski definition) is 2. The third-order valence-corrected chi connectivity index (χ3v) is 6.22. The van der Waals surface area contributed by atoms with E-state index >= 15 is 0 Å². The van der Waals surface area contributed by atoms with Crippen molar-refractivity contribution in [1.29, 1.82) is 0 Å². The minimum absolute atomic E-state index is 0.00799. The number of aromatic hydroxyl groups is 1. The zero-order valence-electron chi connectivity index (χ0n) is 17.3. The summed E-state index contributed by atoms with van der Waals surface area (Å²) in [4.78, 5) is 6.84. The number of hydrogen-bond acceptors (Lipinski definition) is 3. The molecule has 0 aliphatic carbocycles. The Labute approximate surface area is 187 Å². The van der Waals surface area contributed by atoms with Gasteiger partial charge in [0.25, 0.3) is 0 Å². The molecule has 2 N–H and O–H groups in total. The molecular weight excluding hydrogens is 416 g/mol. The monoisotopic (exact) mass is 440 g/mol. The minimum atomic E-state index is -0.0489. The molecule has 30 heavy (non-hydrogen) atoms. The predicted molar refractivity (Wildman–Crippen MR) is 124 cm³/mol. The van der Waals surface area contributed by atoms with Gasteiger partial charge in [-0.15, -0.1) is 0 Å². The lowest BCUT2D eigenvalue weighted by atomic mass is 9.96. The van der Waals surface area contributed by atoms with Gasteiger partial charge in [-0.05, 0) is 74.4 Å². The lowest BCUT2D eigenvalue weighted by Crippen LogP contribution is -2.30. The van der Waals surface area contributed by atoms with Crippen LogP contribution in [-0.2, 0) is 0 Å². The van der Waals surface area contributed by atoms with Crippen LogP contribution in [0.3, 0.4) is 0 Å². The van der Waals surface area contributed by atoms with E-state index in [0.29, 0.717) is 10.7 Å². The number of phenols is 1. The van der Waals surface area contributed by atoms with Gasteiger partial charge in [0.1, 0.15) is 5.75 Å². The number of rotatable bonds is 5. The van der Waals surface area contributed by atoms with Crippen molar-refractivity contribution in [2.45, 2.75) is 39.3 Å². The van der Waals surface area contributed by atoms with Crippen molar-refractivity contribution in [1.82, 2.24) is 19.8 Å². The minimum Gasteiger partial charge on any atom is -0.506 e. The van der Waals surface area contributed by atoms with Crippen molar-refractivity contribution in [3.8, 4) is 11.4 Å². The van der Waals surface area contributed by atoms with Crippen molar-refractivity contribution < 1.29 is 5.11 Å². The van der Waals surface area contributed by atoms with Crippen LogP contribution in [0.1, 0.15) is 48.1 Å². The van der Waals surface area contributed by atoms with Crippen LogP contribution in [0.5, 0.6) is 5.75 Å². The average molecular weight is 441 g/mol. The standard InChI is InChI=1S/C23H25ClN4OS/c1-4-11-27-22(21(26-23(27)30)18-7-5-6-10-25-18)17-12-14(2)28(15(17)3)19-13-16(24)8-9-20(19)29/h5-10,12-13,21-22,29H,4,11H2,1-3H3,(H,26,30)/t21-,22+/m0/s1. The van der Waals surface area contributed by atoms with E-state index in [1.807, 2.05) is 31.3 Å². The first-order chi connectivity index (χ1) is 14.4. The highest BCUT2D eigenvalue weighted by Gasteiger charge is 2.41. The Balaban J connectivity index is 1.86. The highest BCUT2D eigenvalue weighted by atomic mass is 35.5. The molecule has 1 saturated heterocycles. The molecule has 156 valence electrons. The number of pyridine rings is 1. The highest BCUT2D eigenvalue weighted by Crippen LogP contribution is 2.42. The van der Waals surface area contributed by atoms with Crippen LogP contribution in [-0.4, -0.2) is 31.2 Å². The molecule has 1 fully saturated rings. The molecule has 0 bridgehead atoms. The summed E-state index contributed by atoms with van der Waals surface area (Å²) in [5, 5.41) is 15.3. The molecule has 3 heterocycles. The van der Waals surface area contributed by atoms with Crippen molar-refractivity contribution in [2.75, 3.05) is 6.54 Å². The van der Waals surface area contributed by atoms with Gasteiger partial charge in [-0.2, -0.15) is 0 Å². The van der Waals surface area contributed by atoms with E-state index in [9.17, 15) is 5.11 Å². The lowest BCUT2D eigenvalue weighted by Gasteiger charge is -2.27. The number of nitrogens with one attached hydrogen (secondary N) is 1. The lowest BCUT2D eigenvalue weighted by molar-refractivity contribution is 0.316. The summed E-state index contributed by atoms with van der Waals surface area (Å²) in [6.07, 6.45) is 2.80. The fourth-order valence-electron chi connectivity index (χ4n) is 4.36. The average Bonchev–Trinajstić information content (AvgIpc) is 3.21. The van der Waals surface area contributed by atoms with Gasteiger partial charge >= 0.3 is 0 Å². The summed E-state index contributed by atoms with van der Waals surface area (Å²) in [6, 6.07) is 13.2. The number of benzene rings is 1. The molecule has 1 aliphatic rings. The van der Waals surface area contributed by atoms with Gasteiger partial charge in [0.2, 0.25) is 0 Å². The number of phenolic OH excluding ortho intramolecular Hbond substituents is 1. The second-order valence-corrected chi connectivity index (χ2v) is 8.44. The van der Waals surface area contributed by atoms with Gasteiger partial charge in [0, 0.05) is 29.2 Å². The van der Waals surface area contributed by atoms with Crippen molar-refractivity contribution in [3.05, 3.63) is 76.3 Å². The predicted octanol–water partition coefficient (Wildman–Crippen LogP) is 5.23. The molecule has 1 aromatic carbocycles. The zero-order valence-corrected chi connectivity index (χ0v) is 18.8. The Hall–Kier alpha value is -2.57. The van der Waals surface area contributed by atoms with E-state index in [4.69, 9.17) is 23.8 Å². The highest BCUT2D eigenvalue weighted by molar-refractivity contribution is 7.80. The first-order valence-corrected chi connectivity index (χ1v) is 10.9. The Morgan fingerprint density at radius 2 is 2.00 bits per heavy atom. The third-order valence-electron chi connectivity index (χ3n) is 5.63. The molecule has 1 aliphatic heterocycles. The van der Waals surface area contributed by atoms with Gasteiger partial charge in [-0.1, -0.05) is 24.6 Å². The molecule has 0 saturated carbocycles. The van der Waals surface area contributed by atoms with Crippen LogP contribution in [0, 0.1) is 13.8 Å². The van der Waals surface area contributed by atoms with Gasteiger partial charge in [0.05, 0.1) is 23.5 Å². The fourth-order valence-corrected chi connectivity index (χ4v) is 4.86. The molecule has 0 radical (unpaired) electrons. The van der Waals surface area contributed by atoms with E-state index < -0.39 is 0 Å². The Bertz CT molecular complexity index is 1080. The number of aromatic nitrogens is 2. The number of halogens is 1. The van der Waals surface area contributed by atoms with Crippen LogP contribution in [0.25, 0.3) is 5.69 Å². The molecule has 2 atom stereocenters. The summed E-state index contributed by atoms with van der Waals surface area (Å²) in [7, 11) is 0. The van der Waals surface area contributed by atoms with E-state index in [-0.39, 0.29) is 17.8 Å². The molecule has 7 heteroatoms. The SMILES string of the molecule is CCCN1C(=S)N[C@@H](c2ccccn2)[C@H]1c1cc(C)n(-c2cc(Cl)ccc2O)c1C. The Morgan fingerprint density at radius 3 is 2.70 bits per heavy atom. The first-order valence-electron chi connectivity index (χ1n) is 10.1. The summed E-state index contributed by atoms with van der Waals surface area (Å²) in [5.41, 5.74) is 4.86. The number of thiocarbonyl (C=S) groups is 1. The van der Waals surface area contributed by atoms with Gasteiger partial charge in [0.15, 0.2) is 5.11 Å². The molecule has 0 amide bonds. The largest absolute Gasteiger partial charge is 0.506 e. The van der Waals surface area contributed by atoms with E-state index in [2.05, 4.69) is 39.7 Å². The number of aryl methyl sites for hydroxylation is 1. The normalized spacial score (nSPS) is 18.7. The van der Waals surface area contributed by atoms with Crippen LogP contribution in [0.2, 0.25) is 5.02 Å². The molecule has 4 rings (SSSR count). The summed E-state index contributed by atoms with van der Waals surface area (Å²) >= 11 is 11.9. The smallest absolute Gasteiger partial charge is 0.170 e.